The Morgan fingerprint density at radius 2 is 2.00 bits per heavy atom. The number of carbonyl (C=O) groups excluding carboxylic acids is 1. The normalized spacial score (nSPS) is 33.8. The first kappa shape index (κ1) is 15.1. The van der Waals surface area contributed by atoms with Crippen molar-refractivity contribution in [2.24, 2.45) is 23.7 Å². The highest BCUT2D eigenvalue weighted by molar-refractivity contribution is 5.85. The standard InChI is InChI=1S/C15H26N2O.ClH/c1-10(14-7-12-4-5-13(14)6-12)17-15(18)9-16-8-11-2-3-11;/h10-14,16H,2-9H2,1H3,(H,17,18);1H. The molecular formula is C15H27ClN2O. The summed E-state index contributed by atoms with van der Waals surface area (Å²) in [5.74, 6) is 3.64. The van der Waals surface area contributed by atoms with Crippen LogP contribution in [-0.4, -0.2) is 25.0 Å². The van der Waals surface area contributed by atoms with Gasteiger partial charge in [0, 0.05) is 6.04 Å². The molecule has 19 heavy (non-hydrogen) atoms. The van der Waals surface area contributed by atoms with Crippen molar-refractivity contribution in [1.82, 2.24) is 10.6 Å². The third-order valence-corrected chi connectivity index (χ3v) is 5.24. The molecule has 2 bridgehead atoms. The average molecular weight is 287 g/mol. The molecule has 3 aliphatic carbocycles. The number of halogens is 1. The number of amides is 1. The van der Waals surface area contributed by atoms with Crippen molar-refractivity contribution in [3.05, 3.63) is 0 Å². The summed E-state index contributed by atoms with van der Waals surface area (Å²) in [5, 5.41) is 6.46. The number of rotatable bonds is 6. The highest BCUT2D eigenvalue weighted by atomic mass is 35.5. The average Bonchev–Trinajstić information content (AvgIpc) is 2.92. The van der Waals surface area contributed by atoms with Crippen LogP contribution >= 0.6 is 12.4 Å². The SMILES string of the molecule is CC(NC(=O)CNCC1CC1)C1CC2CCC1C2.Cl. The fraction of sp³-hybridized carbons (Fsp3) is 0.933. The number of nitrogens with one attached hydrogen (secondary N) is 2. The molecule has 0 spiro atoms. The molecule has 0 aliphatic heterocycles. The van der Waals surface area contributed by atoms with Crippen LogP contribution in [0, 0.1) is 23.7 Å². The minimum Gasteiger partial charge on any atom is -0.352 e. The van der Waals surface area contributed by atoms with Crippen LogP contribution in [0.3, 0.4) is 0 Å². The molecular weight excluding hydrogens is 260 g/mol. The zero-order chi connectivity index (χ0) is 12.5. The molecule has 3 rings (SSSR count). The van der Waals surface area contributed by atoms with Crippen LogP contribution in [0.4, 0.5) is 0 Å². The van der Waals surface area contributed by atoms with Gasteiger partial charge < -0.3 is 10.6 Å². The number of fused-ring (bicyclic) bond motifs is 2. The Morgan fingerprint density at radius 1 is 1.21 bits per heavy atom. The molecule has 1 amide bonds. The Balaban J connectivity index is 0.00000133. The largest absolute Gasteiger partial charge is 0.352 e. The maximum Gasteiger partial charge on any atom is 0.234 e. The Hall–Kier alpha value is -0.280. The van der Waals surface area contributed by atoms with Gasteiger partial charge >= 0.3 is 0 Å². The summed E-state index contributed by atoms with van der Waals surface area (Å²) < 4.78 is 0. The van der Waals surface area contributed by atoms with Crippen LogP contribution < -0.4 is 10.6 Å². The van der Waals surface area contributed by atoms with E-state index in [9.17, 15) is 4.79 Å². The molecule has 4 heteroatoms. The van der Waals surface area contributed by atoms with Gasteiger partial charge in [-0.3, -0.25) is 4.79 Å². The molecule has 0 heterocycles. The van der Waals surface area contributed by atoms with Gasteiger partial charge in [-0.2, -0.15) is 0 Å². The van der Waals surface area contributed by atoms with Gasteiger partial charge in [0.05, 0.1) is 6.54 Å². The highest BCUT2D eigenvalue weighted by Crippen LogP contribution is 2.49. The van der Waals surface area contributed by atoms with E-state index in [2.05, 4.69) is 17.6 Å². The molecule has 3 saturated carbocycles. The van der Waals surface area contributed by atoms with E-state index in [-0.39, 0.29) is 18.3 Å². The fourth-order valence-electron chi connectivity index (χ4n) is 4.03. The van der Waals surface area contributed by atoms with E-state index < -0.39 is 0 Å². The van der Waals surface area contributed by atoms with Gasteiger partial charge in [-0.1, -0.05) is 6.42 Å². The van der Waals surface area contributed by atoms with Crippen molar-refractivity contribution in [3.63, 3.8) is 0 Å². The van der Waals surface area contributed by atoms with Crippen LogP contribution in [0.1, 0.15) is 45.4 Å². The highest BCUT2D eigenvalue weighted by Gasteiger charge is 2.42. The smallest absolute Gasteiger partial charge is 0.234 e. The summed E-state index contributed by atoms with van der Waals surface area (Å²) in [6.07, 6.45) is 8.29. The zero-order valence-corrected chi connectivity index (χ0v) is 12.7. The van der Waals surface area contributed by atoms with Gasteiger partial charge in [0.2, 0.25) is 5.91 Å². The lowest BCUT2D eigenvalue weighted by atomic mass is 9.84. The second-order valence-electron chi connectivity index (χ2n) is 6.77. The number of hydrogen-bond acceptors (Lipinski definition) is 2. The Labute approximate surface area is 122 Å². The predicted octanol–water partition coefficient (Wildman–Crippen LogP) is 2.35. The zero-order valence-electron chi connectivity index (χ0n) is 11.9. The van der Waals surface area contributed by atoms with Crippen molar-refractivity contribution < 1.29 is 4.79 Å². The van der Waals surface area contributed by atoms with Gasteiger partial charge in [0.15, 0.2) is 0 Å². The minimum absolute atomic E-state index is 0. The van der Waals surface area contributed by atoms with Crippen molar-refractivity contribution in [1.29, 1.82) is 0 Å². The summed E-state index contributed by atoms with van der Waals surface area (Å²) in [7, 11) is 0. The molecule has 0 aromatic carbocycles. The molecule has 110 valence electrons. The quantitative estimate of drug-likeness (QED) is 0.787. The molecule has 0 radical (unpaired) electrons. The molecule has 4 atom stereocenters. The van der Waals surface area contributed by atoms with Crippen LogP contribution in [0.15, 0.2) is 0 Å². The Bertz CT molecular complexity index is 319. The van der Waals surface area contributed by atoms with E-state index in [1.54, 1.807) is 0 Å². The Morgan fingerprint density at radius 3 is 2.58 bits per heavy atom. The lowest BCUT2D eigenvalue weighted by Crippen LogP contribution is -2.44. The predicted molar refractivity (Wildman–Crippen MR) is 79.4 cm³/mol. The second kappa shape index (κ2) is 6.45. The van der Waals surface area contributed by atoms with E-state index in [1.165, 1.54) is 38.5 Å². The molecule has 4 unspecified atom stereocenters. The van der Waals surface area contributed by atoms with Crippen LogP contribution in [0.5, 0.6) is 0 Å². The summed E-state index contributed by atoms with van der Waals surface area (Å²) >= 11 is 0. The molecule has 3 fully saturated rings. The molecule has 0 saturated heterocycles. The molecule has 3 aliphatic rings. The van der Waals surface area contributed by atoms with Crippen molar-refractivity contribution in [2.45, 2.75) is 51.5 Å². The first-order valence-electron chi connectivity index (χ1n) is 7.72. The van der Waals surface area contributed by atoms with Crippen LogP contribution in [0.2, 0.25) is 0 Å². The molecule has 2 N–H and O–H groups in total. The van der Waals surface area contributed by atoms with E-state index in [4.69, 9.17) is 0 Å². The van der Waals surface area contributed by atoms with Crippen LogP contribution in [-0.2, 0) is 4.79 Å². The maximum atomic E-state index is 11.8. The first-order valence-corrected chi connectivity index (χ1v) is 7.72. The number of hydrogen-bond donors (Lipinski definition) is 2. The van der Waals surface area contributed by atoms with E-state index in [0.29, 0.717) is 12.6 Å². The van der Waals surface area contributed by atoms with Crippen LogP contribution in [0.25, 0.3) is 0 Å². The lowest BCUT2D eigenvalue weighted by molar-refractivity contribution is -0.121. The van der Waals surface area contributed by atoms with Gasteiger partial charge in [-0.15, -0.1) is 12.4 Å². The van der Waals surface area contributed by atoms with Gasteiger partial charge in [0.1, 0.15) is 0 Å². The maximum absolute atomic E-state index is 11.8. The van der Waals surface area contributed by atoms with E-state index in [0.717, 1.165) is 30.2 Å². The van der Waals surface area contributed by atoms with E-state index >= 15 is 0 Å². The number of carbonyl (C=O) groups is 1. The van der Waals surface area contributed by atoms with E-state index in [1.807, 2.05) is 0 Å². The summed E-state index contributed by atoms with van der Waals surface area (Å²) in [5.41, 5.74) is 0. The third-order valence-electron chi connectivity index (χ3n) is 5.24. The second-order valence-corrected chi connectivity index (χ2v) is 6.77. The van der Waals surface area contributed by atoms with Gasteiger partial charge in [-0.05, 0) is 69.2 Å². The first-order chi connectivity index (χ1) is 8.72. The van der Waals surface area contributed by atoms with Gasteiger partial charge in [-0.25, -0.2) is 0 Å². The minimum atomic E-state index is 0. The summed E-state index contributed by atoms with van der Waals surface area (Å²) in [6, 6.07) is 0.371. The third kappa shape index (κ3) is 3.85. The van der Waals surface area contributed by atoms with Crippen molar-refractivity contribution >= 4 is 18.3 Å². The summed E-state index contributed by atoms with van der Waals surface area (Å²) in [4.78, 5) is 11.8. The van der Waals surface area contributed by atoms with Crippen molar-refractivity contribution in [3.8, 4) is 0 Å². The lowest BCUT2D eigenvalue weighted by Gasteiger charge is -2.28. The monoisotopic (exact) mass is 286 g/mol. The molecule has 3 nitrogen and oxygen atoms in total. The summed E-state index contributed by atoms with van der Waals surface area (Å²) in [6.45, 7) is 3.72. The topological polar surface area (TPSA) is 41.1 Å². The fourth-order valence-corrected chi connectivity index (χ4v) is 4.03. The molecule has 0 aromatic heterocycles. The van der Waals surface area contributed by atoms with Gasteiger partial charge in [0.25, 0.3) is 0 Å². The Kier molecular flexibility index (Phi) is 5.13. The van der Waals surface area contributed by atoms with Crippen molar-refractivity contribution in [2.75, 3.05) is 13.1 Å². The molecule has 0 aromatic rings.